The summed E-state index contributed by atoms with van der Waals surface area (Å²) in [5.74, 6) is -0.171. The smallest absolute Gasteiger partial charge is 0.254 e. The Balaban J connectivity index is 2.09. The van der Waals surface area contributed by atoms with Crippen molar-refractivity contribution in [3.05, 3.63) is 29.8 Å². The zero-order valence-electron chi connectivity index (χ0n) is 12.8. The molecule has 1 aromatic carbocycles. The molecule has 0 aromatic heterocycles. The van der Waals surface area contributed by atoms with Crippen molar-refractivity contribution in [1.82, 2.24) is 4.90 Å². The normalized spacial score (nSPS) is 18.7. The minimum atomic E-state index is -0.0931. The molecule has 1 N–H and O–H groups in total. The maximum atomic E-state index is 12.5. The number of nitrogens with one attached hydrogen (secondary N) is 1. The van der Waals surface area contributed by atoms with Crippen molar-refractivity contribution in [2.24, 2.45) is 5.92 Å². The summed E-state index contributed by atoms with van der Waals surface area (Å²) in [5, 5.41) is 2.81. The summed E-state index contributed by atoms with van der Waals surface area (Å²) < 4.78 is 5.45. The first-order chi connectivity index (χ1) is 9.97. The van der Waals surface area contributed by atoms with Crippen LogP contribution in [0.3, 0.4) is 0 Å². The molecule has 0 spiro atoms. The first-order valence-corrected chi connectivity index (χ1v) is 7.29. The third-order valence-electron chi connectivity index (χ3n) is 3.43. The number of hydrogen-bond donors (Lipinski definition) is 1. The number of morpholine rings is 1. The molecule has 1 saturated heterocycles. The van der Waals surface area contributed by atoms with Gasteiger partial charge in [-0.3, -0.25) is 9.59 Å². The third kappa shape index (κ3) is 4.04. The van der Waals surface area contributed by atoms with Crippen molar-refractivity contribution >= 4 is 17.5 Å². The summed E-state index contributed by atoms with van der Waals surface area (Å²) in [6.07, 6.45) is 0.0616. The van der Waals surface area contributed by atoms with Crippen LogP contribution in [-0.2, 0) is 9.53 Å². The molecule has 114 valence electrons. The lowest BCUT2D eigenvalue weighted by molar-refractivity contribution is -0.118. The lowest BCUT2D eigenvalue weighted by Gasteiger charge is -2.31. The Kier molecular flexibility index (Phi) is 4.96. The zero-order chi connectivity index (χ0) is 15.4. The molecule has 5 heteroatoms. The van der Waals surface area contributed by atoms with Gasteiger partial charge in [0.1, 0.15) is 0 Å². The molecular weight excluding hydrogens is 268 g/mol. The van der Waals surface area contributed by atoms with Gasteiger partial charge in [-0.05, 0) is 25.1 Å². The molecule has 1 aliphatic heterocycles. The molecule has 0 aliphatic carbocycles. The number of anilines is 1. The third-order valence-corrected chi connectivity index (χ3v) is 3.43. The molecule has 1 heterocycles. The van der Waals surface area contributed by atoms with Gasteiger partial charge in [-0.25, -0.2) is 0 Å². The molecule has 2 rings (SSSR count). The van der Waals surface area contributed by atoms with Crippen LogP contribution in [0.4, 0.5) is 5.69 Å². The van der Waals surface area contributed by atoms with E-state index in [4.69, 9.17) is 4.74 Å². The Hall–Kier alpha value is -1.88. The van der Waals surface area contributed by atoms with Crippen LogP contribution in [0.15, 0.2) is 24.3 Å². The quantitative estimate of drug-likeness (QED) is 0.928. The Bertz CT molecular complexity index is 528. The lowest BCUT2D eigenvalue weighted by atomic mass is 10.1. The number of carbonyl (C=O) groups is 2. The number of hydrogen-bond acceptors (Lipinski definition) is 3. The molecular formula is C16H22N2O3. The van der Waals surface area contributed by atoms with E-state index in [1.54, 1.807) is 29.2 Å². The van der Waals surface area contributed by atoms with Crippen molar-refractivity contribution in [3.63, 3.8) is 0 Å². The van der Waals surface area contributed by atoms with Crippen LogP contribution in [0.5, 0.6) is 0 Å². The number of carbonyl (C=O) groups excluding carboxylic acids is 2. The van der Waals surface area contributed by atoms with E-state index in [9.17, 15) is 9.59 Å². The van der Waals surface area contributed by atoms with E-state index in [1.165, 1.54) is 0 Å². The molecule has 1 unspecified atom stereocenters. The van der Waals surface area contributed by atoms with Crippen LogP contribution in [-0.4, -0.2) is 42.5 Å². The van der Waals surface area contributed by atoms with Crippen LogP contribution in [0.1, 0.15) is 31.1 Å². The second kappa shape index (κ2) is 6.72. The second-order valence-corrected chi connectivity index (χ2v) is 5.66. The number of rotatable bonds is 3. The number of nitrogens with zero attached hydrogens (tertiary/aromatic N) is 1. The summed E-state index contributed by atoms with van der Waals surface area (Å²) in [6, 6.07) is 7.07. The van der Waals surface area contributed by atoms with E-state index in [-0.39, 0.29) is 23.8 Å². The molecule has 2 amide bonds. The number of amides is 2. The van der Waals surface area contributed by atoms with Gasteiger partial charge in [0.25, 0.3) is 5.91 Å². The highest BCUT2D eigenvalue weighted by atomic mass is 16.5. The lowest BCUT2D eigenvalue weighted by Crippen LogP contribution is -2.44. The van der Waals surface area contributed by atoms with Gasteiger partial charge in [-0.15, -0.1) is 0 Å². The van der Waals surface area contributed by atoms with Crippen molar-refractivity contribution < 1.29 is 14.3 Å². The first kappa shape index (κ1) is 15.5. The summed E-state index contributed by atoms with van der Waals surface area (Å²) in [5.41, 5.74) is 1.24. The number of ether oxygens (including phenoxy) is 1. The maximum Gasteiger partial charge on any atom is 0.254 e. The fourth-order valence-corrected chi connectivity index (χ4v) is 2.20. The second-order valence-electron chi connectivity index (χ2n) is 5.66. The minimum Gasteiger partial charge on any atom is -0.375 e. The van der Waals surface area contributed by atoms with E-state index in [0.717, 1.165) is 0 Å². The largest absolute Gasteiger partial charge is 0.375 e. The molecule has 21 heavy (non-hydrogen) atoms. The Labute approximate surface area is 125 Å². The van der Waals surface area contributed by atoms with Gasteiger partial charge < -0.3 is 15.0 Å². The van der Waals surface area contributed by atoms with E-state index >= 15 is 0 Å². The predicted molar refractivity (Wildman–Crippen MR) is 81.2 cm³/mol. The summed E-state index contributed by atoms with van der Waals surface area (Å²) in [6.45, 7) is 7.39. The molecule has 5 nitrogen and oxygen atoms in total. The Morgan fingerprint density at radius 3 is 2.81 bits per heavy atom. The van der Waals surface area contributed by atoms with Crippen molar-refractivity contribution in [2.75, 3.05) is 25.0 Å². The zero-order valence-corrected chi connectivity index (χ0v) is 12.8. The predicted octanol–water partition coefficient (Wildman–Crippen LogP) is 2.14. The SMILES string of the molecule is CC1CN(C(=O)c2cccc(NC(=O)C(C)C)c2)CCO1. The topological polar surface area (TPSA) is 58.6 Å². The summed E-state index contributed by atoms with van der Waals surface area (Å²) in [7, 11) is 0. The van der Waals surface area contributed by atoms with Gasteiger partial charge in [-0.1, -0.05) is 19.9 Å². The fraction of sp³-hybridized carbons (Fsp3) is 0.500. The van der Waals surface area contributed by atoms with Crippen LogP contribution in [0, 0.1) is 5.92 Å². The highest BCUT2D eigenvalue weighted by Gasteiger charge is 2.22. The van der Waals surface area contributed by atoms with Crippen molar-refractivity contribution in [2.45, 2.75) is 26.9 Å². The van der Waals surface area contributed by atoms with E-state index < -0.39 is 0 Å². The standard InChI is InChI=1S/C16H22N2O3/c1-11(2)15(19)17-14-6-4-5-13(9-14)16(20)18-7-8-21-12(3)10-18/h4-6,9,11-12H,7-8,10H2,1-3H3,(H,17,19). The van der Waals surface area contributed by atoms with Gasteiger partial charge in [0, 0.05) is 30.3 Å². The average molecular weight is 290 g/mol. The molecule has 1 aromatic rings. The van der Waals surface area contributed by atoms with E-state index in [2.05, 4.69) is 5.32 Å². The highest BCUT2D eigenvalue weighted by Crippen LogP contribution is 2.15. The molecule has 0 saturated carbocycles. The van der Waals surface area contributed by atoms with Crippen molar-refractivity contribution in [1.29, 1.82) is 0 Å². The van der Waals surface area contributed by atoms with Gasteiger partial charge in [-0.2, -0.15) is 0 Å². The maximum absolute atomic E-state index is 12.5. The molecule has 0 radical (unpaired) electrons. The first-order valence-electron chi connectivity index (χ1n) is 7.29. The van der Waals surface area contributed by atoms with Gasteiger partial charge in [0.2, 0.25) is 5.91 Å². The highest BCUT2D eigenvalue weighted by molar-refractivity contribution is 5.97. The van der Waals surface area contributed by atoms with Crippen LogP contribution < -0.4 is 5.32 Å². The Morgan fingerprint density at radius 2 is 2.14 bits per heavy atom. The molecule has 1 atom stereocenters. The van der Waals surface area contributed by atoms with Gasteiger partial charge in [0.15, 0.2) is 0 Å². The van der Waals surface area contributed by atoms with Crippen molar-refractivity contribution in [3.8, 4) is 0 Å². The molecule has 1 aliphatic rings. The fourth-order valence-electron chi connectivity index (χ4n) is 2.20. The molecule has 1 fully saturated rings. The average Bonchev–Trinajstić information content (AvgIpc) is 2.46. The van der Waals surface area contributed by atoms with Crippen LogP contribution >= 0.6 is 0 Å². The Morgan fingerprint density at radius 1 is 1.38 bits per heavy atom. The number of benzene rings is 1. The van der Waals surface area contributed by atoms with Gasteiger partial charge in [0.05, 0.1) is 12.7 Å². The monoisotopic (exact) mass is 290 g/mol. The summed E-state index contributed by atoms with van der Waals surface area (Å²) in [4.78, 5) is 26.0. The van der Waals surface area contributed by atoms with E-state index in [1.807, 2.05) is 20.8 Å². The van der Waals surface area contributed by atoms with E-state index in [0.29, 0.717) is 30.9 Å². The molecule has 0 bridgehead atoms. The summed E-state index contributed by atoms with van der Waals surface area (Å²) >= 11 is 0. The van der Waals surface area contributed by atoms with Gasteiger partial charge >= 0.3 is 0 Å². The van der Waals surface area contributed by atoms with Crippen LogP contribution in [0.2, 0.25) is 0 Å². The van der Waals surface area contributed by atoms with Crippen LogP contribution in [0.25, 0.3) is 0 Å². The minimum absolute atomic E-state index is 0.0224.